The summed E-state index contributed by atoms with van der Waals surface area (Å²) in [6, 6.07) is 7.61. The van der Waals surface area contributed by atoms with Gasteiger partial charge in [0.2, 0.25) is 0 Å². The van der Waals surface area contributed by atoms with Gasteiger partial charge in [0.05, 0.1) is 28.8 Å². The van der Waals surface area contributed by atoms with E-state index in [0.717, 1.165) is 96.0 Å². The molecule has 5 heterocycles. The van der Waals surface area contributed by atoms with Crippen LogP contribution >= 0.6 is 0 Å². The van der Waals surface area contributed by atoms with Gasteiger partial charge in [-0.15, -0.1) is 0 Å². The van der Waals surface area contributed by atoms with E-state index >= 15 is 4.79 Å². The second kappa shape index (κ2) is 17.5. The first kappa shape index (κ1) is 49.8. The number of carbonyl (C=O) groups excluding carboxylic acids is 2. The Morgan fingerprint density at radius 3 is 2.24 bits per heavy atom. The van der Waals surface area contributed by atoms with Crippen LogP contribution in [0.25, 0.3) is 11.0 Å². The zero-order valence-corrected chi connectivity index (χ0v) is 45.5. The van der Waals surface area contributed by atoms with Crippen molar-refractivity contribution in [1.82, 2.24) is 14.9 Å². The Morgan fingerprint density at radius 1 is 0.861 bits per heavy atom. The largest absolute Gasteiger partial charge is 0.392 e. The minimum Gasteiger partial charge on any atom is -0.392 e. The molecule has 0 bridgehead atoms. The molecule has 1 spiro atoms. The number of ether oxygens (including phenoxy) is 2. The summed E-state index contributed by atoms with van der Waals surface area (Å²) in [6.07, 6.45) is 22.2. The molecule has 9 nitrogen and oxygen atoms in total. The third-order valence-corrected chi connectivity index (χ3v) is 23.6. The number of ketones is 2. The molecule has 0 amide bonds. The minimum absolute atomic E-state index is 0.113. The number of carbonyl (C=O) groups is 2. The monoisotopic (exact) mass is 984 g/mol. The van der Waals surface area contributed by atoms with Crippen LogP contribution in [-0.4, -0.2) is 82.0 Å². The molecule has 72 heavy (non-hydrogen) atoms. The summed E-state index contributed by atoms with van der Waals surface area (Å²) in [5, 5.41) is 29.8. The Labute approximate surface area is 430 Å². The summed E-state index contributed by atoms with van der Waals surface area (Å²) in [7, 11) is 2.00. The van der Waals surface area contributed by atoms with Crippen LogP contribution in [0, 0.1) is 50.2 Å². The number of nitrogens with zero attached hydrogens (tertiary/aromatic N) is 1. The summed E-state index contributed by atoms with van der Waals surface area (Å²) in [5.74, 6) is 1.48. The Hall–Kier alpha value is -3.08. The van der Waals surface area contributed by atoms with Gasteiger partial charge >= 0.3 is 0 Å². The molecule has 3 aromatic rings. The topological polar surface area (TPSA) is 129 Å². The number of rotatable bonds is 10. The summed E-state index contributed by atoms with van der Waals surface area (Å²) < 4.78 is 14.5. The predicted molar refractivity (Wildman–Crippen MR) is 284 cm³/mol. The van der Waals surface area contributed by atoms with Gasteiger partial charge in [0.15, 0.2) is 5.78 Å². The number of H-pyrrole nitrogens is 1. The first-order valence-corrected chi connectivity index (χ1v) is 29.2. The average molecular weight is 984 g/mol. The van der Waals surface area contributed by atoms with Crippen molar-refractivity contribution in [3.05, 3.63) is 69.6 Å². The number of fused-ring (bicyclic) bond motifs is 5. The van der Waals surface area contributed by atoms with E-state index in [4.69, 9.17) is 9.47 Å². The quantitative estimate of drug-likeness (QED) is 0.149. The molecule has 6 aliphatic carbocycles. The Morgan fingerprint density at radius 2 is 1.56 bits per heavy atom. The first-order chi connectivity index (χ1) is 34.3. The van der Waals surface area contributed by atoms with Crippen LogP contribution in [0.15, 0.2) is 41.7 Å². The van der Waals surface area contributed by atoms with E-state index in [1.54, 1.807) is 0 Å². The van der Waals surface area contributed by atoms with E-state index in [9.17, 15) is 15.0 Å². The molecular formula is C63H89N3O6. The lowest BCUT2D eigenvalue weighted by molar-refractivity contribution is -0.261. The van der Waals surface area contributed by atoms with Crippen molar-refractivity contribution in [2.75, 3.05) is 26.8 Å². The Kier molecular flexibility index (Phi) is 12.1. The van der Waals surface area contributed by atoms with Gasteiger partial charge in [0.1, 0.15) is 11.9 Å². The second-order valence-electron chi connectivity index (χ2n) is 27.7. The number of aliphatic hydroxyl groups excluding tert-OH is 2. The summed E-state index contributed by atoms with van der Waals surface area (Å²) in [4.78, 5) is 34.5. The van der Waals surface area contributed by atoms with Crippen molar-refractivity contribution in [2.24, 2.45) is 50.2 Å². The van der Waals surface area contributed by atoms with Crippen molar-refractivity contribution in [1.29, 1.82) is 0 Å². The minimum atomic E-state index is -0.734. The predicted octanol–water partition coefficient (Wildman–Crippen LogP) is 11.8. The van der Waals surface area contributed by atoms with Gasteiger partial charge in [0, 0.05) is 73.7 Å². The van der Waals surface area contributed by atoms with Crippen molar-refractivity contribution >= 4 is 22.6 Å². The molecule has 0 unspecified atom stereocenters. The number of aromatic amines is 1. The maximum Gasteiger partial charge on any atom is 0.160 e. The molecule has 9 heteroatoms. The third-order valence-electron chi connectivity index (χ3n) is 23.6. The number of benzene rings is 1. The van der Waals surface area contributed by atoms with Gasteiger partial charge in [-0.05, 0) is 183 Å². The number of aromatic nitrogens is 2. The van der Waals surface area contributed by atoms with Gasteiger partial charge in [0.25, 0.3) is 0 Å². The zero-order chi connectivity index (χ0) is 50.4. The second-order valence-corrected chi connectivity index (χ2v) is 27.7. The number of aliphatic hydroxyl groups is 2. The molecule has 2 saturated heterocycles. The number of nitrogens with one attached hydrogen (secondary N) is 2. The highest BCUT2D eigenvalue weighted by molar-refractivity contribution is 6.02. The van der Waals surface area contributed by atoms with Gasteiger partial charge in [-0.1, -0.05) is 84.9 Å². The highest BCUT2D eigenvalue weighted by Crippen LogP contribution is 2.80. The standard InChI is InChI=1S/C63H89N3O6/c1-57(2)56(72-57)47(68)32-58(3)22-16-41-35-65-52-44(30-38-28-42(39-14-10-9-11-15-39)31-43(29-38)40-18-26-71-27-19-40)36-66(53(41)52)37-45-50-51(58)46(67)33-61(50,6)60(5)23-17-48-59(4,24-25-64-8)49(69)34-63(20-12-13-21-63)62(48,7)55(60)54(45)70/h28-29,31,35-36,39-40,45,47-48,54-56,64-65,68,70H,9-27,30,32-34,37H2,1-8H3/t45-,47-,48+,54-,55+,56-,58+,59+,60+,61+,62-/m1/s1. The molecule has 2 aromatic heterocycles. The molecule has 5 saturated carbocycles. The van der Waals surface area contributed by atoms with Crippen LogP contribution in [0.2, 0.25) is 0 Å². The lowest BCUT2D eigenvalue weighted by Crippen LogP contribution is -2.72. The van der Waals surface area contributed by atoms with E-state index in [1.165, 1.54) is 76.5 Å². The van der Waals surface area contributed by atoms with E-state index in [1.807, 2.05) is 7.05 Å². The summed E-state index contributed by atoms with van der Waals surface area (Å²) >= 11 is 0. The van der Waals surface area contributed by atoms with Crippen molar-refractivity contribution in [3.8, 4) is 0 Å². The fraction of sp³-hybridized carbons (Fsp3) is 0.746. The molecular weight excluding hydrogens is 895 g/mol. The fourth-order valence-electron chi connectivity index (χ4n) is 19.6. The van der Waals surface area contributed by atoms with Gasteiger partial charge in [-0.2, -0.15) is 0 Å². The van der Waals surface area contributed by atoms with E-state index in [0.29, 0.717) is 49.8 Å². The number of epoxide rings is 1. The average Bonchev–Trinajstić information content (AvgIpc) is 3.85. The van der Waals surface area contributed by atoms with Crippen molar-refractivity contribution < 1.29 is 29.3 Å². The van der Waals surface area contributed by atoms with Gasteiger partial charge in [-0.25, -0.2) is 0 Å². The number of hydrogen-bond donors (Lipinski definition) is 4. The molecule has 9 aliphatic rings. The molecule has 1 aromatic carbocycles. The van der Waals surface area contributed by atoms with E-state index in [-0.39, 0.29) is 40.5 Å². The number of Topliss-reactive ketones (excluding diaryl/α,β-unsaturated/α-hetero) is 2. The normalized spacial score (nSPS) is 39.1. The number of hydrogen-bond acceptors (Lipinski definition) is 7. The summed E-state index contributed by atoms with van der Waals surface area (Å²) in [5.41, 5.74) is 8.45. The molecule has 11 atom stereocenters. The Bertz CT molecular complexity index is 2620. The van der Waals surface area contributed by atoms with E-state index < -0.39 is 39.5 Å². The molecule has 3 aliphatic heterocycles. The molecule has 0 radical (unpaired) electrons. The summed E-state index contributed by atoms with van der Waals surface area (Å²) in [6.45, 7) is 19.2. The number of aryl methyl sites for hydroxylation is 1. The molecule has 12 rings (SSSR count). The van der Waals surface area contributed by atoms with Crippen molar-refractivity contribution in [2.45, 2.75) is 219 Å². The number of allylic oxidation sites excluding steroid dienone is 1. The van der Waals surface area contributed by atoms with Crippen molar-refractivity contribution in [3.63, 3.8) is 0 Å². The van der Waals surface area contributed by atoms with Crippen LogP contribution in [0.1, 0.15) is 204 Å². The lowest BCUT2D eigenvalue weighted by atomic mass is 9.30. The molecule has 7 fully saturated rings. The van der Waals surface area contributed by atoms with Crippen LogP contribution < -0.4 is 5.32 Å². The zero-order valence-electron chi connectivity index (χ0n) is 45.5. The van der Waals surface area contributed by atoms with Gasteiger partial charge in [-0.3, -0.25) is 9.59 Å². The van der Waals surface area contributed by atoms with Crippen LogP contribution in [0.3, 0.4) is 0 Å². The van der Waals surface area contributed by atoms with Crippen LogP contribution in [-0.2, 0) is 38.4 Å². The Balaban J connectivity index is 1.02. The SMILES string of the molecule is CNCC[C@]1(C)C(=O)CC2(CCCC2)[C@@]2(C)[C@H]3[C@H](O)[C@@H]4Cn5cc(Cc6cc(C7CCCCC7)cc(C7CCOCC7)c6)c6[nH]cc(c65)CC[C@@](C)(C[C@@H](O)[C@H]5OC5(C)C)C5=C4[C@](C)(CC5=O)[C@@]3(C)CC[C@H]21. The van der Waals surface area contributed by atoms with E-state index in [2.05, 4.69) is 93.9 Å². The maximum absolute atomic E-state index is 15.7. The van der Waals surface area contributed by atoms with Crippen LogP contribution in [0.5, 0.6) is 0 Å². The highest BCUT2D eigenvalue weighted by Gasteiger charge is 2.77. The molecule has 4 N–H and O–H groups in total. The maximum atomic E-state index is 15.7. The smallest absolute Gasteiger partial charge is 0.160 e. The lowest BCUT2D eigenvalue weighted by Gasteiger charge is -2.74. The third kappa shape index (κ3) is 7.28. The highest BCUT2D eigenvalue weighted by atomic mass is 16.6. The van der Waals surface area contributed by atoms with Crippen LogP contribution in [0.4, 0.5) is 0 Å². The molecule has 392 valence electrons. The first-order valence-electron chi connectivity index (χ1n) is 29.2. The fourth-order valence-corrected chi connectivity index (χ4v) is 19.6. The van der Waals surface area contributed by atoms with Gasteiger partial charge < -0.3 is 34.6 Å².